The number of hydrogen-bond acceptors (Lipinski definition) is 3. The largest absolute Gasteiger partial charge is 0.350 e. The van der Waals surface area contributed by atoms with Gasteiger partial charge in [-0.2, -0.15) is 0 Å². The molecule has 1 aliphatic heterocycles. The number of likely N-dealkylation sites (tertiary alicyclic amines) is 1. The Labute approximate surface area is 143 Å². The van der Waals surface area contributed by atoms with Gasteiger partial charge in [0.25, 0.3) is 5.91 Å². The molecular formula is C17H20BrN3O2. The summed E-state index contributed by atoms with van der Waals surface area (Å²) in [6.45, 7) is 2.39. The molecule has 1 amide bonds. The van der Waals surface area contributed by atoms with E-state index in [0.717, 1.165) is 36.9 Å². The van der Waals surface area contributed by atoms with E-state index in [1.165, 1.54) is 6.07 Å². The maximum atomic E-state index is 12.7. The molecule has 0 aliphatic carbocycles. The lowest BCUT2D eigenvalue weighted by molar-refractivity contribution is 0.0668. The number of halogens is 1. The molecule has 1 fully saturated rings. The molecule has 2 aromatic rings. The molecule has 0 saturated carbocycles. The Morgan fingerprint density at radius 1 is 1.43 bits per heavy atom. The van der Waals surface area contributed by atoms with Gasteiger partial charge in [-0.25, -0.2) is 0 Å². The Hall–Kier alpha value is -1.66. The predicted octanol–water partition coefficient (Wildman–Crippen LogP) is 2.36. The van der Waals surface area contributed by atoms with E-state index in [1.54, 1.807) is 6.07 Å². The zero-order valence-corrected chi connectivity index (χ0v) is 14.6. The van der Waals surface area contributed by atoms with Crippen LogP contribution in [-0.2, 0) is 0 Å². The number of H-pyrrole nitrogens is 1. The third-order valence-electron chi connectivity index (χ3n) is 4.32. The first-order valence-corrected chi connectivity index (χ1v) is 8.64. The number of nitrogens with one attached hydrogen (secondary N) is 2. The SMILES string of the molecule is CNCC1CCCN(C(=O)c2cc(=O)c3cc(Br)ccc3[nH]2)C1. The van der Waals surface area contributed by atoms with Crippen LogP contribution in [0.1, 0.15) is 23.3 Å². The Kier molecular flexibility index (Phi) is 4.82. The first kappa shape index (κ1) is 16.2. The fourth-order valence-corrected chi connectivity index (χ4v) is 3.57. The molecule has 3 rings (SSSR count). The molecule has 1 saturated heterocycles. The number of fused-ring (bicyclic) bond motifs is 1. The van der Waals surface area contributed by atoms with Gasteiger partial charge in [0, 0.05) is 34.5 Å². The van der Waals surface area contributed by atoms with Crippen molar-refractivity contribution in [2.45, 2.75) is 12.8 Å². The molecule has 1 unspecified atom stereocenters. The van der Waals surface area contributed by atoms with Gasteiger partial charge in [0.1, 0.15) is 5.69 Å². The van der Waals surface area contributed by atoms with E-state index in [9.17, 15) is 9.59 Å². The summed E-state index contributed by atoms with van der Waals surface area (Å²) in [4.78, 5) is 30.0. The van der Waals surface area contributed by atoms with Crippen molar-refractivity contribution < 1.29 is 4.79 Å². The Bertz CT molecular complexity index is 785. The molecule has 2 N–H and O–H groups in total. The lowest BCUT2D eigenvalue weighted by Crippen LogP contribution is -2.43. The maximum Gasteiger partial charge on any atom is 0.270 e. The number of rotatable bonds is 3. The average molecular weight is 378 g/mol. The highest BCUT2D eigenvalue weighted by Crippen LogP contribution is 2.19. The molecule has 0 spiro atoms. The van der Waals surface area contributed by atoms with Crippen LogP contribution in [0.25, 0.3) is 10.9 Å². The van der Waals surface area contributed by atoms with Crippen molar-refractivity contribution in [2.75, 3.05) is 26.7 Å². The number of amides is 1. The van der Waals surface area contributed by atoms with Gasteiger partial charge in [-0.1, -0.05) is 15.9 Å². The topological polar surface area (TPSA) is 65.2 Å². The molecule has 23 heavy (non-hydrogen) atoms. The second-order valence-corrected chi connectivity index (χ2v) is 6.97. The van der Waals surface area contributed by atoms with Crippen LogP contribution < -0.4 is 10.7 Å². The lowest BCUT2D eigenvalue weighted by atomic mass is 9.97. The van der Waals surface area contributed by atoms with E-state index >= 15 is 0 Å². The highest BCUT2D eigenvalue weighted by Gasteiger charge is 2.25. The number of pyridine rings is 1. The molecule has 1 aromatic heterocycles. The van der Waals surface area contributed by atoms with Crippen LogP contribution in [0.15, 0.2) is 33.5 Å². The number of hydrogen-bond donors (Lipinski definition) is 2. The highest BCUT2D eigenvalue weighted by atomic mass is 79.9. The number of aromatic amines is 1. The van der Waals surface area contributed by atoms with Crippen LogP contribution in [0.5, 0.6) is 0 Å². The molecule has 0 radical (unpaired) electrons. The molecule has 1 aliphatic rings. The van der Waals surface area contributed by atoms with Crippen molar-refractivity contribution >= 4 is 32.7 Å². The number of benzene rings is 1. The maximum absolute atomic E-state index is 12.7. The second kappa shape index (κ2) is 6.84. The van der Waals surface area contributed by atoms with Gasteiger partial charge in [0.2, 0.25) is 0 Å². The molecule has 1 atom stereocenters. The Balaban J connectivity index is 1.89. The van der Waals surface area contributed by atoms with E-state index in [-0.39, 0.29) is 11.3 Å². The number of piperidine rings is 1. The molecule has 1 aromatic carbocycles. The minimum absolute atomic E-state index is 0.0901. The fourth-order valence-electron chi connectivity index (χ4n) is 3.21. The minimum Gasteiger partial charge on any atom is -0.350 e. The van der Waals surface area contributed by atoms with Gasteiger partial charge in [0.15, 0.2) is 5.43 Å². The summed E-state index contributed by atoms with van der Waals surface area (Å²) in [6.07, 6.45) is 2.13. The van der Waals surface area contributed by atoms with Crippen molar-refractivity contribution in [3.05, 3.63) is 44.7 Å². The summed E-state index contributed by atoms with van der Waals surface area (Å²) >= 11 is 3.36. The van der Waals surface area contributed by atoms with Crippen LogP contribution in [-0.4, -0.2) is 42.5 Å². The summed E-state index contributed by atoms with van der Waals surface area (Å²) in [6, 6.07) is 6.86. The highest BCUT2D eigenvalue weighted by molar-refractivity contribution is 9.10. The van der Waals surface area contributed by atoms with Crippen LogP contribution in [0, 0.1) is 5.92 Å². The van der Waals surface area contributed by atoms with Gasteiger partial charge in [-0.15, -0.1) is 0 Å². The number of carbonyl (C=O) groups is 1. The molecular weight excluding hydrogens is 358 g/mol. The normalized spacial score (nSPS) is 18.3. The van der Waals surface area contributed by atoms with Crippen molar-refractivity contribution in [3.8, 4) is 0 Å². The second-order valence-electron chi connectivity index (χ2n) is 6.05. The molecule has 0 bridgehead atoms. The zero-order valence-electron chi connectivity index (χ0n) is 13.1. The molecule has 6 heteroatoms. The number of nitrogens with zero attached hydrogens (tertiary/aromatic N) is 1. The summed E-state index contributed by atoms with van der Waals surface area (Å²) in [5.41, 5.74) is 0.926. The lowest BCUT2D eigenvalue weighted by Gasteiger charge is -2.32. The summed E-state index contributed by atoms with van der Waals surface area (Å²) in [5, 5.41) is 3.76. The van der Waals surface area contributed by atoms with E-state index < -0.39 is 0 Å². The van der Waals surface area contributed by atoms with Crippen molar-refractivity contribution in [3.63, 3.8) is 0 Å². The van der Waals surface area contributed by atoms with Crippen molar-refractivity contribution in [1.82, 2.24) is 15.2 Å². The molecule has 2 heterocycles. The first-order valence-electron chi connectivity index (χ1n) is 7.85. The van der Waals surface area contributed by atoms with E-state index in [4.69, 9.17) is 0 Å². The van der Waals surface area contributed by atoms with Crippen molar-refractivity contribution in [2.24, 2.45) is 5.92 Å². The third kappa shape index (κ3) is 3.48. The number of aromatic nitrogens is 1. The standard InChI is InChI=1S/C17H20BrN3O2/c1-19-9-11-3-2-6-21(10-11)17(23)15-8-16(22)13-7-12(18)4-5-14(13)20-15/h4-5,7-8,11,19H,2-3,6,9-10H2,1H3,(H,20,22). The van der Waals surface area contributed by atoms with E-state index in [1.807, 2.05) is 24.1 Å². The Morgan fingerprint density at radius 2 is 2.26 bits per heavy atom. The van der Waals surface area contributed by atoms with Crippen LogP contribution in [0.2, 0.25) is 0 Å². The minimum atomic E-state index is -0.132. The summed E-state index contributed by atoms with van der Waals surface area (Å²) < 4.78 is 0.848. The van der Waals surface area contributed by atoms with Crippen LogP contribution in [0.4, 0.5) is 0 Å². The van der Waals surface area contributed by atoms with E-state index in [0.29, 0.717) is 22.5 Å². The Morgan fingerprint density at radius 3 is 3.04 bits per heavy atom. The number of carbonyl (C=O) groups excluding carboxylic acids is 1. The van der Waals surface area contributed by atoms with Gasteiger partial charge in [-0.05, 0) is 50.6 Å². The van der Waals surface area contributed by atoms with Crippen LogP contribution in [0.3, 0.4) is 0 Å². The fraction of sp³-hybridized carbons (Fsp3) is 0.412. The zero-order chi connectivity index (χ0) is 16.4. The molecule has 122 valence electrons. The van der Waals surface area contributed by atoms with Crippen molar-refractivity contribution in [1.29, 1.82) is 0 Å². The monoisotopic (exact) mass is 377 g/mol. The van der Waals surface area contributed by atoms with Gasteiger partial charge >= 0.3 is 0 Å². The van der Waals surface area contributed by atoms with E-state index in [2.05, 4.69) is 26.2 Å². The van der Waals surface area contributed by atoms with Gasteiger partial charge < -0.3 is 15.2 Å². The smallest absolute Gasteiger partial charge is 0.270 e. The molecule has 5 nitrogen and oxygen atoms in total. The average Bonchev–Trinajstić information content (AvgIpc) is 2.55. The quantitative estimate of drug-likeness (QED) is 0.862. The van der Waals surface area contributed by atoms with Gasteiger partial charge in [0.05, 0.1) is 0 Å². The summed E-state index contributed by atoms with van der Waals surface area (Å²) in [7, 11) is 1.93. The van der Waals surface area contributed by atoms with Gasteiger partial charge in [-0.3, -0.25) is 9.59 Å². The summed E-state index contributed by atoms with van der Waals surface area (Å²) in [5.74, 6) is 0.383. The first-order chi connectivity index (χ1) is 11.1. The van der Waals surface area contributed by atoms with Crippen LogP contribution >= 0.6 is 15.9 Å². The predicted molar refractivity (Wildman–Crippen MR) is 94.8 cm³/mol. The third-order valence-corrected chi connectivity index (χ3v) is 4.81.